The second-order valence-electron chi connectivity index (χ2n) is 9.54. The number of likely N-dealkylation sites (tertiary alicyclic amines) is 2. The summed E-state index contributed by atoms with van der Waals surface area (Å²) in [6.07, 6.45) is 2.48. The van der Waals surface area contributed by atoms with E-state index >= 15 is 0 Å². The Bertz CT molecular complexity index is 1110. The quantitative estimate of drug-likeness (QED) is 0.445. The highest BCUT2D eigenvalue weighted by Gasteiger charge is 2.43. The van der Waals surface area contributed by atoms with Crippen LogP contribution in [-0.2, 0) is 25.7 Å². The molecule has 2 aromatic carbocycles. The van der Waals surface area contributed by atoms with E-state index < -0.39 is 18.1 Å². The largest absolute Gasteiger partial charge is 0.486 e. The molecule has 38 heavy (non-hydrogen) atoms. The summed E-state index contributed by atoms with van der Waals surface area (Å²) in [4.78, 5) is 57.3. The number of benzene rings is 2. The number of esters is 1. The lowest BCUT2D eigenvalue weighted by Gasteiger charge is -2.34. The maximum atomic E-state index is 13.7. The van der Waals surface area contributed by atoms with Gasteiger partial charge in [-0.25, -0.2) is 4.79 Å². The summed E-state index contributed by atoms with van der Waals surface area (Å²) in [5.41, 5.74) is 0.871. The number of ketones is 1. The molecule has 9 nitrogen and oxygen atoms in total. The number of nitrogens with zero attached hydrogens (tertiary/aromatic N) is 3. The van der Waals surface area contributed by atoms with Gasteiger partial charge < -0.3 is 24.2 Å². The summed E-state index contributed by atoms with van der Waals surface area (Å²) in [5, 5.41) is 0. The maximum Gasteiger partial charge on any atom is 0.325 e. The van der Waals surface area contributed by atoms with Crippen LogP contribution in [0.3, 0.4) is 0 Å². The minimum absolute atomic E-state index is 0.115. The van der Waals surface area contributed by atoms with Gasteiger partial charge in [0, 0.05) is 19.6 Å². The van der Waals surface area contributed by atoms with E-state index in [0.29, 0.717) is 38.1 Å². The van der Waals surface area contributed by atoms with Crippen molar-refractivity contribution in [2.75, 3.05) is 32.8 Å². The molecule has 0 N–H and O–H groups in total. The minimum atomic E-state index is -0.675. The maximum absolute atomic E-state index is 13.7. The van der Waals surface area contributed by atoms with Gasteiger partial charge in [0.15, 0.2) is 5.78 Å². The Labute approximate surface area is 223 Å². The van der Waals surface area contributed by atoms with E-state index in [1.54, 1.807) is 28.9 Å². The van der Waals surface area contributed by atoms with Crippen LogP contribution in [0.4, 0.5) is 4.79 Å². The van der Waals surface area contributed by atoms with Crippen LogP contribution in [0.2, 0.25) is 0 Å². The van der Waals surface area contributed by atoms with Crippen molar-refractivity contribution in [2.45, 2.75) is 51.2 Å². The van der Waals surface area contributed by atoms with E-state index in [2.05, 4.69) is 0 Å². The first-order chi connectivity index (χ1) is 18.5. The van der Waals surface area contributed by atoms with Gasteiger partial charge in [0.05, 0.1) is 12.6 Å². The molecule has 0 unspecified atom stereocenters. The molecule has 202 valence electrons. The van der Waals surface area contributed by atoms with Gasteiger partial charge in [-0.3, -0.25) is 14.4 Å². The van der Waals surface area contributed by atoms with Gasteiger partial charge in [-0.2, -0.15) is 0 Å². The van der Waals surface area contributed by atoms with Crippen LogP contribution in [-0.4, -0.2) is 83.3 Å². The van der Waals surface area contributed by atoms with Gasteiger partial charge in [-0.1, -0.05) is 48.5 Å². The van der Waals surface area contributed by atoms with Crippen molar-refractivity contribution in [2.24, 2.45) is 0 Å². The van der Waals surface area contributed by atoms with Crippen molar-refractivity contribution in [3.8, 4) is 5.75 Å². The highest BCUT2D eigenvalue weighted by atomic mass is 16.5. The van der Waals surface area contributed by atoms with E-state index in [0.717, 1.165) is 12.0 Å². The molecule has 0 bridgehead atoms. The first-order valence-electron chi connectivity index (χ1n) is 13.2. The molecule has 0 spiro atoms. The molecule has 0 aromatic heterocycles. The highest BCUT2D eigenvalue weighted by Crippen LogP contribution is 2.27. The molecule has 0 saturated carbocycles. The number of amides is 3. The summed E-state index contributed by atoms with van der Waals surface area (Å²) < 4.78 is 10.7. The number of hydrogen-bond acceptors (Lipinski definition) is 6. The predicted molar refractivity (Wildman–Crippen MR) is 140 cm³/mol. The molecular weight excluding hydrogens is 486 g/mol. The van der Waals surface area contributed by atoms with Gasteiger partial charge in [-0.15, -0.1) is 0 Å². The summed E-state index contributed by atoms with van der Waals surface area (Å²) in [6, 6.07) is 16.9. The third-order valence-corrected chi connectivity index (χ3v) is 6.93. The average molecular weight is 522 g/mol. The minimum Gasteiger partial charge on any atom is -0.486 e. The molecule has 4 rings (SSSR count). The molecule has 2 aliphatic rings. The first kappa shape index (κ1) is 27.2. The fourth-order valence-corrected chi connectivity index (χ4v) is 5.12. The zero-order valence-corrected chi connectivity index (χ0v) is 21.8. The number of Topliss-reactive ketones (excluding diaryl/α,β-unsaturated/α-hetero) is 1. The van der Waals surface area contributed by atoms with E-state index in [1.165, 1.54) is 4.90 Å². The van der Waals surface area contributed by atoms with Crippen molar-refractivity contribution < 1.29 is 28.7 Å². The highest BCUT2D eigenvalue weighted by molar-refractivity contribution is 5.94. The number of hydrogen-bond donors (Lipinski definition) is 0. The molecule has 2 aliphatic heterocycles. The second kappa shape index (κ2) is 13.1. The van der Waals surface area contributed by atoms with Crippen molar-refractivity contribution in [1.82, 2.24) is 14.7 Å². The Kier molecular flexibility index (Phi) is 9.35. The summed E-state index contributed by atoms with van der Waals surface area (Å²) in [6.45, 7) is 2.71. The number of rotatable bonds is 10. The van der Waals surface area contributed by atoms with Crippen LogP contribution in [0, 0.1) is 0 Å². The van der Waals surface area contributed by atoms with Gasteiger partial charge in [0.1, 0.15) is 24.9 Å². The van der Waals surface area contributed by atoms with Gasteiger partial charge in [0.25, 0.3) is 0 Å². The average Bonchev–Trinajstić information content (AvgIpc) is 3.62. The lowest BCUT2D eigenvalue weighted by Crippen LogP contribution is -2.54. The van der Waals surface area contributed by atoms with Gasteiger partial charge in [0.2, 0.25) is 5.91 Å². The fourth-order valence-electron chi connectivity index (χ4n) is 5.12. The molecule has 2 atom stereocenters. The van der Waals surface area contributed by atoms with Crippen molar-refractivity contribution in [1.29, 1.82) is 0 Å². The molecule has 2 aromatic rings. The Balaban J connectivity index is 1.44. The van der Waals surface area contributed by atoms with Crippen LogP contribution < -0.4 is 4.74 Å². The third kappa shape index (κ3) is 6.70. The van der Waals surface area contributed by atoms with Crippen molar-refractivity contribution in [3.05, 3.63) is 66.2 Å². The number of urea groups is 1. The number of carbonyl (C=O) groups excluding carboxylic acids is 4. The van der Waals surface area contributed by atoms with Crippen LogP contribution in [0.5, 0.6) is 5.75 Å². The molecule has 9 heteroatoms. The fraction of sp³-hybridized carbons (Fsp3) is 0.448. The second-order valence-corrected chi connectivity index (χ2v) is 9.54. The van der Waals surface area contributed by atoms with Crippen LogP contribution in [0.15, 0.2) is 60.7 Å². The zero-order valence-electron chi connectivity index (χ0n) is 21.8. The van der Waals surface area contributed by atoms with Crippen LogP contribution >= 0.6 is 0 Å². The molecule has 0 radical (unpaired) electrons. The number of ether oxygens (including phenoxy) is 2. The molecule has 2 saturated heterocycles. The molecule has 3 amide bonds. The summed E-state index contributed by atoms with van der Waals surface area (Å²) in [7, 11) is 0. The smallest absolute Gasteiger partial charge is 0.325 e. The number of carbonyl (C=O) groups is 4. The Hall–Kier alpha value is -3.88. The molecule has 0 aliphatic carbocycles. The van der Waals surface area contributed by atoms with E-state index in [-0.39, 0.29) is 44.0 Å². The van der Waals surface area contributed by atoms with Crippen LogP contribution in [0.25, 0.3) is 0 Å². The third-order valence-electron chi connectivity index (χ3n) is 6.93. The lowest BCUT2D eigenvalue weighted by atomic mass is 10.1. The SMILES string of the molecule is CCOC(=O)CN(Cc1ccccc1)C(=O)N1CCC[C@@H]1C(=O)N1CCC[C@H]1C(=O)COc1ccccc1. The normalized spacial score (nSPS) is 18.8. The summed E-state index contributed by atoms with van der Waals surface area (Å²) >= 11 is 0. The topological polar surface area (TPSA) is 96.5 Å². The van der Waals surface area contributed by atoms with E-state index in [9.17, 15) is 19.2 Å². The van der Waals surface area contributed by atoms with Crippen molar-refractivity contribution >= 4 is 23.7 Å². The van der Waals surface area contributed by atoms with E-state index in [1.807, 2.05) is 48.5 Å². The van der Waals surface area contributed by atoms with Gasteiger partial charge in [-0.05, 0) is 50.3 Å². The Morgan fingerprint density at radius 1 is 0.868 bits per heavy atom. The van der Waals surface area contributed by atoms with Gasteiger partial charge >= 0.3 is 12.0 Å². The molecule has 2 fully saturated rings. The standard InChI is InChI=1S/C29H35N3O6/c1-2-37-27(34)20-30(19-22-11-5-3-6-12-22)29(36)32-18-10-16-25(32)28(35)31-17-9-15-24(31)26(33)21-38-23-13-7-4-8-14-23/h3-8,11-14,24-25H,2,9-10,15-21H2,1H3/t24-,25+/m0/s1. The Morgan fingerprint density at radius 3 is 2.18 bits per heavy atom. The van der Waals surface area contributed by atoms with E-state index in [4.69, 9.17) is 9.47 Å². The summed E-state index contributed by atoms with van der Waals surface area (Å²) in [5.74, 6) is -0.266. The lowest BCUT2D eigenvalue weighted by molar-refractivity contribution is -0.144. The van der Waals surface area contributed by atoms with Crippen LogP contribution in [0.1, 0.15) is 38.2 Å². The molecular formula is C29H35N3O6. The Morgan fingerprint density at radius 2 is 1.50 bits per heavy atom. The molecule has 2 heterocycles. The first-order valence-corrected chi connectivity index (χ1v) is 13.2. The number of para-hydroxylation sites is 1. The predicted octanol–water partition coefficient (Wildman–Crippen LogP) is 3.28. The monoisotopic (exact) mass is 521 g/mol. The van der Waals surface area contributed by atoms with Crippen molar-refractivity contribution in [3.63, 3.8) is 0 Å². The zero-order chi connectivity index (χ0) is 26.9.